The second kappa shape index (κ2) is 12.9. The summed E-state index contributed by atoms with van der Waals surface area (Å²) in [6, 6.07) is -0.787. The Hall–Kier alpha value is -1.63. The molecule has 1 unspecified atom stereocenters. The van der Waals surface area contributed by atoms with Crippen LogP contribution in [0.1, 0.15) is 59.3 Å². The van der Waals surface area contributed by atoms with Gasteiger partial charge in [0.15, 0.2) is 0 Å². The number of hydrogen-bond acceptors (Lipinski definition) is 6. The van der Waals surface area contributed by atoms with Crippen LogP contribution in [0.3, 0.4) is 0 Å². The predicted molar refractivity (Wildman–Crippen MR) is 84.6 cm³/mol. The molecule has 0 aromatic carbocycles. The van der Waals surface area contributed by atoms with E-state index in [0.717, 1.165) is 32.1 Å². The molecule has 0 aliphatic heterocycles. The first kappa shape index (κ1) is 21.4. The highest BCUT2D eigenvalue weighted by Gasteiger charge is 2.17. The van der Waals surface area contributed by atoms with Crippen molar-refractivity contribution in [2.45, 2.75) is 71.4 Å². The second-order valence-electron chi connectivity index (χ2n) is 5.55. The molecule has 7 nitrogen and oxygen atoms in total. The highest BCUT2D eigenvalue weighted by molar-refractivity contribution is 5.82. The van der Waals surface area contributed by atoms with Crippen molar-refractivity contribution in [1.29, 1.82) is 0 Å². The van der Waals surface area contributed by atoms with Crippen molar-refractivity contribution in [3.8, 4) is 0 Å². The van der Waals surface area contributed by atoms with Crippen molar-refractivity contribution < 1.29 is 29.0 Å². The third-order valence-corrected chi connectivity index (χ3v) is 3.11. The Balaban J connectivity index is 3.73. The lowest BCUT2D eigenvalue weighted by Gasteiger charge is -2.15. The van der Waals surface area contributed by atoms with Gasteiger partial charge >= 0.3 is 11.9 Å². The van der Waals surface area contributed by atoms with Crippen molar-refractivity contribution >= 4 is 17.8 Å². The van der Waals surface area contributed by atoms with Gasteiger partial charge in [0.05, 0.1) is 0 Å². The monoisotopic (exact) mass is 331 g/mol. The fourth-order valence-electron chi connectivity index (χ4n) is 1.85. The van der Waals surface area contributed by atoms with Crippen molar-refractivity contribution in [3.63, 3.8) is 0 Å². The Morgan fingerprint density at radius 1 is 1.04 bits per heavy atom. The van der Waals surface area contributed by atoms with E-state index < -0.39 is 18.1 Å². The molecule has 0 spiro atoms. The third kappa shape index (κ3) is 12.6. The number of amides is 1. The van der Waals surface area contributed by atoms with Crippen molar-refractivity contribution in [2.24, 2.45) is 0 Å². The smallest absolute Gasteiger partial charge is 0.328 e. The number of ether oxygens (including phenoxy) is 2. The van der Waals surface area contributed by atoms with E-state index in [2.05, 4.69) is 12.2 Å². The molecule has 134 valence electrons. The maximum Gasteiger partial charge on any atom is 0.328 e. The van der Waals surface area contributed by atoms with E-state index in [0.29, 0.717) is 6.42 Å². The Morgan fingerprint density at radius 2 is 1.65 bits per heavy atom. The van der Waals surface area contributed by atoms with E-state index in [9.17, 15) is 19.5 Å². The first-order chi connectivity index (χ1) is 10.9. The van der Waals surface area contributed by atoms with Crippen molar-refractivity contribution in [3.05, 3.63) is 0 Å². The van der Waals surface area contributed by atoms with Crippen LogP contribution in [-0.4, -0.2) is 48.3 Å². The SMILES string of the molecule is CCCCCCCC(=O)OCC(O)COC(=O)[C@H](C)NC(C)=O. The van der Waals surface area contributed by atoms with E-state index >= 15 is 0 Å². The van der Waals surface area contributed by atoms with E-state index in [1.807, 2.05) is 0 Å². The molecule has 0 fully saturated rings. The summed E-state index contributed by atoms with van der Waals surface area (Å²) in [7, 11) is 0. The maximum atomic E-state index is 11.5. The van der Waals surface area contributed by atoms with Crippen LogP contribution < -0.4 is 5.32 Å². The van der Waals surface area contributed by atoms with Crippen LogP contribution in [0.5, 0.6) is 0 Å². The molecular formula is C16H29NO6. The van der Waals surface area contributed by atoms with Crippen molar-refractivity contribution in [1.82, 2.24) is 5.32 Å². The largest absolute Gasteiger partial charge is 0.463 e. The molecule has 7 heteroatoms. The summed E-state index contributed by atoms with van der Waals surface area (Å²) < 4.78 is 9.75. The molecule has 2 N–H and O–H groups in total. The summed E-state index contributed by atoms with van der Waals surface area (Å²) in [6.45, 7) is 4.40. The lowest BCUT2D eigenvalue weighted by atomic mass is 10.1. The molecule has 1 amide bonds. The molecule has 0 radical (unpaired) electrons. The van der Waals surface area contributed by atoms with Gasteiger partial charge in [0.25, 0.3) is 0 Å². The summed E-state index contributed by atoms with van der Waals surface area (Å²) in [6.07, 6.45) is 4.44. The zero-order valence-electron chi connectivity index (χ0n) is 14.3. The second-order valence-corrected chi connectivity index (χ2v) is 5.55. The fraction of sp³-hybridized carbons (Fsp3) is 0.812. The number of carbonyl (C=O) groups is 3. The van der Waals surface area contributed by atoms with E-state index in [1.165, 1.54) is 13.8 Å². The number of esters is 2. The van der Waals surface area contributed by atoms with Crippen LogP contribution in [0.25, 0.3) is 0 Å². The minimum Gasteiger partial charge on any atom is -0.463 e. The number of carbonyl (C=O) groups excluding carboxylic acids is 3. The molecule has 0 rings (SSSR count). The third-order valence-electron chi connectivity index (χ3n) is 3.11. The lowest BCUT2D eigenvalue weighted by Crippen LogP contribution is -2.39. The molecular weight excluding hydrogens is 302 g/mol. The van der Waals surface area contributed by atoms with Crippen LogP contribution in [0.15, 0.2) is 0 Å². The summed E-state index contributed by atoms with van der Waals surface area (Å²) >= 11 is 0. The molecule has 0 aromatic rings. The van der Waals surface area contributed by atoms with Gasteiger partial charge in [-0.25, -0.2) is 4.79 Å². The van der Waals surface area contributed by atoms with Gasteiger partial charge in [-0.3, -0.25) is 9.59 Å². The average Bonchev–Trinajstić information content (AvgIpc) is 2.49. The van der Waals surface area contributed by atoms with Crippen LogP contribution in [0.2, 0.25) is 0 Å². The average molecular weight is 331 g/mol. The summed E-state index contributed by atoms with van der Waals surface area (Å²) in [4.78, 5) is 33.7. The van der Waals surface area contributed by atoms with Gasteiger partial charge in [-0.1, -0.05) is 32.6 Å². The van der Waals surface area contributed by atoms with Crippen LogP contribution in [0, 0.1) is 0 Å². The number of rotatable bonds is 12. The summed E-state index contributed by atoms with van der Waals surface area (Å²) in [5, 5.41) is 12.0. The van der Waals surface area contributed by atoms with E-state index in [1.54, 1.807) is 0 Å². The molecule has 0 saturated heterocycles. The molecule has 0 aromatic heterocycles. The van der Waals surface area contributed by atoms with Crippen LogP contribution in [0.4, 0.5) is 0 Å². The lowest BCUT2D eigenvalue weighted by molar-refractivity contribution is -0.154. The number of aliphatic hydroxyl groups is 1. The van der Waals surface area contributed by atoms with Gasteiger partial charge in [-0.15, -0.1) is 0 Å². The molecule has 0 bridgehead atoms. The fourth-order valence-corrected chi connectivity index (χ4v) is 1.85. The van der Waals surface area contributed by atoms with Gasteiger partial charge in [-0.05, 0) is 13.3 Å². The van der Waals surface area contributed by atoms with E-state index in [-0.39, 0.29) is 25.1 Å². The van der Waals surface area contributed by atoms with Gasteiger partial charge in [0, 0.05) is 13.3 Å². The quantitative estimate of drug-likeness (QED) is 0.413. The zero-order chi connectivity index (χ0) is 17.7. The molecule has 0 heterocycles. The number of nitrogens with one attached hydrogen (secondary N) is 1. The summed E-state index contributed by atoms with van der Waals surface area (Å²) in [5.74, 6) is -1.36. The Labute approximate surface area is 137 Å². The number of unbranched alkanes of at least 4 members (excludes halogenated alkanes) is 4. The highest BCUT2D eigenvalue weighted by atomic mass is 16.6. The van der Waals surface area contributed by atoms with Crippen LogP contribution in [-0.2, 0) is 23.9 Å². The molecule has 23 heavy (non-hydrogen) atoms. The highest BCUT2D eigenvalue weighted by Crippen LogP contribution is 2.06. The summed E-state index contributed by atoms with van der Waals surface area (Å²) in [5.41, 5.74) is 0. The Bertz CT molecular complexity index is 372. The van der Waals surface area contributed by atoms with Gasteiger partial charge in [-0.2, -0.15) is 0 Å². The number of aliphatic hydroxyl groups excluding tert-OH is 1. The van der Waals surface area contributed by atoms with E-state index in [4.69, 9.17) is 9.47 Å². The molecule has 0 aliphatic rings. The minimum absolute atomic E-state index is 0.213. The zero-order valence-corrected chi connectivity index (χ0v) is 14.3. The standard InChI is InChI=1S/C16H29NO6/c1-4-5-6-7-8-9-15(20)22-10-14(19)11-23-16(21)12(2)17-13(3)18/h12,14,19H,4-11H2,1-3H3,(H,17,18)/t12-,14?/m0/s1. The van der Waals surface area contributed by atoms with Crippen molar-refractivity contribution in [2.75, 3.05) is 13.2 Å². The van der Waals surface area contributed by atoms with Gasteiger partial charge < -0.3 is 19.9 Å². The normalized spacial score (nSPS) is 13.0. The molecule has 0 saturated carbocycles. The first-order valence-electron chi connectivity index (χ1n) is 8.14. The number of hydrogen-bond donors (Lipinski definition) is 2. The molecule has 0 aliphatic carbocycles. The van der Waals surface area contributed by atoms with Gasteiger partial charge in [0.1, 0.15) is 25.4 Å². The molecule has 2 atom stereocenters. The maximum absolute atomic E-state index is 11.5. The first-order valence-corrected chi connectivity index (χ1v) is 8.14. The minimum atomic E-state index is -1.08. The van der Waals surface area contributed by atoms with Crippen LogP contribution >= 0.6 is 0 Å². The Morgan fingerprint density at radius 3 is 2.26 bits per heavy atom. The Kier molecular flexibility index (Phi) is 12.0. The predicted octanol–water partition coefficient (Wildman–Crippen LogP) is 1.32. The van der Waals surface area contributed by atoms with Gasteiger partial charge in [0.2, 0.25) is 5.91 Å². The topological polar surface area (TPSA) is 102 Å².